The van der Waals surface area contributed by atoms with Crippen LogP contribution in [0, 0.1) is 0 Å². The third-order valence-corrected chi connectivity index (χ3v) is 6.28. The summed E-state index contributed by atoms with van der Waals surface area (Å²) in [6, 6.07) is -0.451. The summed E-state index contributed by atoms with van der Waals surface area (Å²) < 4.78 is 46.1. The molecule has 0 aliphatic carbocycles. The van der Waals surface area contributed by atoms with Gasteiger partial charge in [-0.25, -0.2) is 21.6 Å². The van der Waals surface area contributed by atoms with E-state index in [-0.39, 0.29) is 16.2 Å². The Hall–Kier alpha value is 0.340. The van der Waals surface area contributed by atoms with Crippen molar-refractivity contribution in [2.75, 3.05) is 16.2 Å². The fraction of sp³-hybridized carbons (Fsp3) is 1.00. The van der Waals surface area contributed by atoms with Crippen molar-refractivity contribution in [1.82, 2.24) is 4.72 Å². The molecule has 1 aliphatic heterocycles. The van der Waals surface area contributed by atoms with Crippen molar-refractivity contribution < 1.29 is 16.8 Å². The third kappa shape index (κ3) is 3.53. The maximum atomic E-state index is 11.0. The zero-order valence-electron chi connectivity index (χ0n) is 6.73. The van der Waals surface area contributed by atoms with Gasteiger partial charge in [0.2, 0.25) is 10.0 Å². The molecule has 1 heterocycles. The van der Waals surface area contributed by atoms with Gasteiger partial charge in [-0.05, 0) is 6.42 Å². The van der Waals surface area contributed by atoms with Crippen molar-refractivity contribution in [2.45, 2.75) is 12.5 Å². The standard InChI is InChI=1S/C5H10BrNO4S2/c6-4-13(10,11)7-5-1-2-12(8,9)3-5/h5,7H,1-4H2. The average molecular weight is 292 g/mol. The monoisotopic (exact) mass is 291 g/mol. The number of nitrogens with one attached hydrogen (secondary N) is 1. The quantitative estimate of drug-likeness (QED) is 0.707. The van der Waals surface area contributed by atoms with Gasteiger partial charge in [0.05, 0.1) is 11.5 Å². The topological polar surface area (TPSA) is 80.3 Å². The SMILES string of the molecule is O=S1(=O)CCC(NS(=O)(=O)CBr)C1. The van der Waals surface area contributed by atoms with Crippen LogP contribution in [0.25, 0.3) is 0 Å². The Morgan fingerprint density at radius 3 is 2.46 bits per heavy atom. The van der Waals surface area contributed by atoms with Gasteiger partial charge in [-0.1, -0.05) is 15.9 Å². The van der Waals surface area contributed by atoms with Gasteiger partial charge in [-0.15, -0.1) is 0 Å². The Kier molecular flexibility index (Phi) is 3.37. The molecule has 0 aromatic rings. The molecule has 1 unspecified atom stereocenters. The number of halogens is 1. The van der Waals surface area contributed by atoms with Gasteiger partial charge in [-0.2, -0.15) is 0 Å². The summed E-state index contributed by atoms with van der Waals surface area (Å²) in [7, 11) is -6.37. The van der Waals surface area contributed by atoms with E-state index in [4.69, 9.17) is 0 Å². The molecule has 0 spiro atoms. The van der Waals surface area contributed by atoms with Gasteiger partial charge >= 0.3 is 0 Å². The first-order chi connectivity index (χ1) is 5.85. The highest BCUT2D eigenvalue weighted by Gasteiger charge is 2.30. The zero-order chi connectivity index (χ0) is 10.1. The molecule has 8 heteroatoms. The largest absolute Gasteiger partial charge is 0.229 e. The van der Waals surface area contributed by atoms with Gasteiger partial charge in [0.25, 0.3) is 0 Å². The molecule has 0 radical (unpaired) electrons. The molecule has 1 rings (SSSR count). The Morgan fingerprint density at radius 2 is 2.08 bits per heavy atom. The lowest BCUT2D eigenvalue weighted by Crippen LogP contribution is -2.35. The molecule has 0 bridgehead atoms. The van der Waals surface area contributed by atoms with Crippen LogP contribution in [0.2, 0.25) is 0 Å². The number of sulfone groups is 1. The van der Waals surface area contributed by atoms with Crippen molar-refractivity contribution in [2.24, 2.45) is 0 Å². The van der Waals surface area contributed by atoms with E-state index in [1.54, 1.807) is 0 Å². The second-order valence-corrected chi connectivity index (χ2v) is 8.23. The first-order valence-corrected chi connectivity index (χ1v) is 8.20. The van der Waals surface area contributed by atoms with Gasteiger partial charge in [-0.3, -0.25) is 0 Å². The molecule has 1 aliphatic rings. The number of rotatable bonds is 3. The summed E-state index contributed by atoms with van der Waals surface area (Å²) in [5.41, 5.74) is 0. The maximum Gasteiger partial charge on any atom is 0.221 e. The van der Waals surface area contributed by atoms with Crippen molar-refractivity contribution in [3.8, 4) is 0 Å². The predicted octanol–water partition coefficient (Wildman–Crippen LogP) is -0.555. The van der Waals surface area contributed by atoms with Crippen LogP contribution < -0.4 is 4.72 Å². The summed E-state index contributed by atoms with van der Waals surface area (Å²) in [6.45, 7) is 0. The Balaban J connectivity index is 2.60. The van der Waals surface area contributed by atoms with Crippen LogP contribution in [0.3, 0.4) is 0 Å². The molecule has 13 heavy (non-hydrogen) atoms. The van der Waals surface area contributed by atoms with E-state index >= 15 is 0 Å². The minimum atomic E-state index is -3.35. The van der Waals surface area contributed by atoms with Crippen molar-refractivity contribution in [3.05, 3.63) is 0 Å². The van der Waals surface area contributed by atoms with Crippen LogP contribution in [-0.2, 0) is 19.9 Å². The van der Waals surface area contributed by atoms with Crippen molar-refractivity contribution >= 4 is 35.8 Å². The number of alkyl halides is 1. The van der Waals surface area contributed by atoms with E-state index < -0.39 is 25.9 Å². The average Bonchev–Trinajstić information content (AvgIpc) is 2.29. The highest BCUT2D eigenvalue weighted by molar-refractivity contribution is 9.10. The van der Waals surface area contributed by atoms with Crippen molar-refractivity contribution in [3.63, 3.8) is 0 Å². The van der Waals surface area contributed by atoms with Gasteiger partial charge in [0.1, 0.15) is 4.66 Å². The maximum absolute atomic E-state index is 11.0. The molecule has 1 fully saturated rings. The van der Waals surface area contributed by atoms with E-state index in [1.165, 1.54) is 0 Å². The molecular weight excluding hydrogens is 282 g/mol. The highest BCUT2D eigenvalue weighted by atomic mass is 79.9. The molecule has 1 saturated heterocycles. The van der Waals surface area contributed by atoms with E-state index in [0.717, 1.165) is 0 Å². The molecule has 1 atom stereocenters. The fourth-order valence-electron chi connectivity index (χ4n) is 1.17. The minimum Gasteiger partial charge on any atom is -0.229 e. The van der Waals surface area contributed by atoms with E-state index in [0.29, 0.717) is 6.42 Å². The first-order valence-electron chi connectivity index (χ1n) is 3.61. The van der Waals surface area contributed by atoms with Crippen molar-refractivity contribution in [1.29, 1.82) is 0 Å². The van der Waals surface area contributed by atoms with Crippen LogP contribution in [0.4, 0.5) is 0 Å². The number of hydrogen-bond donors (Lipinski definition) is 1. The normalized spacial score (nSPS) is 27.6. The van der Waals surface area contributed by atoms with E-state index in [9.17, 15) is 16.8 Å². The van der Waals surface area contributed by atoms with Crippen LogP contribution in [0.1, 0.15) is 6.42 Å². The third-order valence-electron chi connectivity index (χ3n) is 1.72. The van der Waals surface area contributed by atoms with Gasteiger partial charge in [0.15, 0.2) is 9.84 Å². The lowest BCUT2D eigenvalue weighted by molar-refractivity contribution is 0.567. The van der Waals surface area contributed by atoms with Crippen LogP contribution in [0.5, 0.6) is 0 Å². The molecular formula is C5H10BrNO4S2. The molecule has 78 valence electrons. The Labute approximate surface area is 86.0 Å². The summed E-state index contributed by atoms with van der Waals surface area (Å²) in [5.74, 6) is -0.0122. The van der Waals surface area contributed by atoms with Crippen LogP contribution in [0.15, 0.2) is 0 Å². The molecule has 0 aromatic carbocycles. The zero-order valence-corrected chi connectivity index (χ0v) is 9.95. The number of sulfonamides is 1. The molecule has 0 aromatic heterocycles. The molecule has 5 nitrogen and oxygen atoms in total. The summed E-state index contributed by atoms with van der Waals surface area (Å²) in [5, 5.41) is 0. The first kappa shape index (κ1) is 11.4. The van der Waals surface area contributed by atoms with Gasteiger partial charge in [0, 0.05) is 6.04 Å². The van der Waals surface area contributed by atoms with Crippen LogP contribution >= 0.6 is 15.9 Å². The van der Waals surface area contributed by atoms with Gasteiger partial charge < -0.3 is 0 Å². The van der Waals surface area contributed by atoms with E-state index in [1.807, 2.05) is 0 Å². The fourth-order valence-corrected chi connectivity index (χ4v) is 4.12. The summed E-state index contributed by atoms with van der Waals surface area (Å²) in [4.78, 5) is 0. The van der Waals surface area contributed by atoms with E-state index in [2.05, 4.69) is 20.7 Å². The Morgan fingerprint density at radius 1 is 1.46 bits per heavy atom. The number of hydrogen-bond acceptors (Lipinski definition) is 4. The summed E-state index contributed by atoms with van der Waals surface area (Å²) >= 11 is 2.81. The molecule has 0 amide bonds. The summed E-state index contributed by atoms with van der Waals surface area (Å²) in [6.07, 6.45) is 0.370. The second-order valence-electron chi connectivity index (χ2n) is 2.94. The predicted molar refractivity (Wildman–Crippen MR) is 52.9 cm³/mol. The second kappa shape index (κ2) is 3.84. The highest BCUT2D eigenvalue weighted by Crippen LogP contribution is 2.12. The Bertz CT molecular complexity index is 373. The lowest BCUT2D eigenvalue weighted by Gasteiger charge is -2.08. The molecule has 0 saturated carbocycles. The van der Waals surface area contributed by atoms with Crippen LogP contribution in [-0.4, -0.2) is 39.0 Å². The molecule has 1 N–H and O–H groups in total. The smallest absolute Gasteiger partial charge is 0.221 e. The lowest BCUT2D eigenvalue weighted by atomic mass is 10.3. The minimum absolute atomic E-state index is 0.0719.